The van der Waals surface area contributed by atoms with E-state index in [0.717, 1.165) is 73.9 Å². The fourth-order valence-corrected chi connectivity index (χ4v) is 17.7. The van der Waals surface area contributed by atoms with Crippen LogP contribution in [0.15, 0.2) is 346 Å². The van der Waals surface area contributed by atoms with Gasteiger partial charge in [-0.1, -0.05) is 267 Å². The Morgan fingerprint density at radius 2 is 0.719 bits per heavy atom. The summed E-state index contributed by atoms with van der Waals surface area (Å²) >= 11 is 0. The van der Waals surface area contributed by atoms with E-state index in [2.05, 4.69) is 360 Å². The van der Waals surface area contributed by atoms with Gasteiger partial charge in [0.25, 0.3) is 6.71 Å². The van der Waals surface area contributed by atoms with Crippen LogP contribution < -0.4 is 31.1 Å². The zero-order chi connectivity index (χ0) is 63.3. The normalized spacial score (nSPS) is 16.7. The molecule has 4 heteroatoms. The Morgan fingerprint density at radius 1 is 0.271 bits per heavy atom. The number of nitrogens with zero attached hydrogens (tertiary/aromatic N) is 3. The number of hydrogen-bond acceptors (Lipinski definition) is 3. The van der Waals surface area contributed by atoms with Crippen LogP contribution in [0.1, 0.15) is 59.4 Å². The van der Waals surface area contributed by atoms with Gasteiger partial charge in [0.05, 0.1) is 16.8 Å². The number of fused-ring (bicyclic) bond motifs is 8. The number of hydrogen-bond donors (Lipinski definition) is 0. The molecule has 2 bridgehead atoms. The minimum atomic E-state index is -0.613. The summed E-state index contributed by atoms with van der Waals surface area (Å²) in [5.74, 6) is 2.10. The lowest BCUT2D eigenvalue weighted by Gasteiger charge is -2.47. The molecular formula is C92H68BN3. The molecule has 0 spiro atoms. The van der Waals surface area contributed by atoms with Gasteiger partial charge in [-0.2, -0.15) is 0 Å². The predicted molar refractivity (Wildman–Crippen MR) is 402 cm³/mol. The fraction of sp³-hybridized carbons (Fsp3) is 0.0870. The summed E-state index contributed by atoms with van der Waals surface area (Å²) in [5, 5.41) is 0. The van der Waals surface area contributed by atoms with E-state index in [4.69, 9.17) is 0 Å². The van der Waals surface area contributed by atoms with E-state index in [1.807, 2.05) is 0 Å². The van der Waals surface area contributed by atoms with Gasteiger partial charge in [-0.05, 0) is 222 Å². The lowest BCUT2D eigenvalue weighted by Crippen LogP contribution is -2.61. The van der Waals surface area contributed by atoms with Crippen molar-refractivity contribution in [1.29, 1.82) is 0 Å². The zero-order valence-electron chi connectivity index (χ0n) is 53.4. The Bertz CT molecular complexity index is 5120. The van der Waals surface area contributed by atoms with Crippen molar-refractivity contribution >= 4 is 74.3 Å². The van der Waals surface area contributed by atoms with Crippen molar-refractivity contribution in [2.45, 2.75) is 37.0 Å². The maximum atomic E-state index is 2.67. The summed E-state index contributed by atoms with van der Waals surface area (Å²) in [6, 6.07) is 131. The van der Waals surface area contributed by atoms with Crippen LogP contribution in [0.3, 0.4) is 0 Å². The smallest absolute Gasteiger partial charge is 0.252 e. The first-order valence-corrected chi connectivity index (χ1v) is 34.3. The lowest BCUT2D eigenvalue weighted by molar-refractivity contribution is 0.419. The number of benzene rings is 14. The summed E-state index contributed by atoms with van der Waals surface area (Å²) in [5.41, 5.74) is 31.8. The Kier molecular flexibility index (Phi) is 13.4. The van der Waals surface area contributed by atoms with Crippen LogP contribution in [0.25, 0.3) is 55.6 Å². The van der Waals surface area contributed by atoms with Crippen LogP contribution in [0.5, 0.6) is 0 Å². The molecule has 3 atom stereocenters. The molecule has 0 aromatic heterocycles. The van der Waals surface area contributed by atoms with Crippen LogP contribution in [0, 0.1) is 11.8 Å². The number of anilines is 9. The molecule has 3 unspecified atom stereocenters. The van der Waals surface area contributed by atoms with Crippen molar-refractivity contribution in [1.82, 2.24) is 0 Å². The average molecular weight is 1230 g/mol. The molecule has 3 aliphatic heterocycles. The highest BCUT2D eigenvalue weighted by molar-refractivity contribution is 7.00. The van der Waals surface area contributed by atoms with E-state index in [9.17, 15) is 0 Å². The summed E-state index contributed by atoms with van der Waals surface area (Å²) in [4.78, 5) is 7.82. The summed E-state index contributed by atoms with van der Waals surface area (Å²) in [7, 11) is 0. The fourth-order valence-electron chi connectivity index (χ4n) is 17.7. The molecule has 0 N–H and O–H groups in total. The first-order valence-electron chi connectivity index (χ1n) is 34.3. The molecule has 14 aromatic rings. The van der Waals surface area contributed by atoms with Crippen LogP contribution in [0.4, 0.5) is 51.2 Å². The van der Waals surface area contributed by atoms with Gasteiger partial charge >= 0.3 is 0 Å². The first kappa shape index (κ1) is 56.1. The molecule has 3 heterocycles. The summed E-state index contributed by atoms with van der Waals surface area (Å²) in [6.45, 7) is -0.178. The van der Waals surface area contributed by atoms with E-state index in [1.54, 1.807) is 0 Å². The largest absolute Gasteiger partial charge is 0.311 e. The van der Waals surface area contributed by atoms with Crippen LogP contribution >= 0.6 is 0 Å². The van der Waals surface area contributed by atoms with Gasteiger partial charge in [0, 0.05) is 39.8 Å². The van der Waals surface area contributed by atoms with E-state index in [1.165, 1.54) is 115 Å². The minimum Gasteiger partial charge on any atom is -0.311 e. The third-order valence-corrected chi connectivity index (χ3v) is 21.9. The molecule has 0 amide bonds. The van der Waals surface area contributed by atoms with Gasteiger partial charge in [-0.15, -0.1) is 0 Å². The molecule has 454 valence electrons. The van der Waals surface area contributed by atoms with Crippen molar-refractivity contribution in [2.24, 2.45) is 11.8 Å². The first-order chi connectivity index (χ1) is 47.6. The Morgan fingerprint density at radius 3 is 1.23 bits per heavy atom. The SMILES string of the molecule is c1ccc(-c2cc(-c3ccccc3)cc(N3c4ccc(N5c6ccccc6C(c6ccccc6)(c6ccccc6)c6cc(C7CC8CCC7C8)ccc65)cc4B4c5ccc(-c6ccccc6)cc5N(c5cc(-c6ccccc6)cc(-c6ccccc6)c5)c5cccc3c54)c2)cc1. The molecule has 3 nitrogen and oxygen atoms in total. The van der Waals surface area contributed by atoms with Gasteiger partial charge < -0.3 is 14.7 Å². The van der Waals surface area contributed by atoms with E-state index in [0.29, 0.717) is 5.92 Å². The Balaban J connectivity index is 0.891. The third kappa shape index (κ3) is 9.10. The molecule has 14 aromatic carbocycles. The van der Waals surface area contributed by atoms with Crippen LogP contribution in [-0.4, -0.2) is 6.71 Å². The van der Waals surface area contributed by atoms with Crippen molar-refractivity contribution in [3.05, 3.63) is 374 Å². The van der Waals surface area contributed by atoms with Crippen molar-refractivity contribution in [3.8, 4) is 55.6 Å². The highest BCUT2D eigenvalue weighted by Gasteiger charge is 2.49. The average Bonchev–Trinajstić information content (AvgIpc) is 0.725. The predicted octanol–water partition coefficient (Wildman–Crippen LogP) is 22.2. The van der Waals surface area contributed by atoms with Gasteiger partial charge in [-0.3, -0.25) is 0 Å². The summed E-state index contributed by atoms with van der Waals surface area (Å²) in [6.07, 6.45) is 5.33. The topological polar surface area (TPSA) is 9.72 Å². The number of para-hydroxylation sites is 1. The van der Waals surface area contributed by atoms with Gasteiger partial charge in [0.15, 0.2) is 0 Å². The molecule has 5 aliphatic rings. The molecule has 2 saturated carbocycles. The minimum absolute atomic E-state index is 0.178. The van der Waals surface area contributed by atoms with Gasteiger partial charge in [-0.25, -0.2) is 0 Å². The van der Waals surface area contributed by atoms with Crippen molar-refractivity contribution in [2.75, 3.05) is 14.7 Å². The molecule has 0 radical (unpaired) electrons. The second kappa shape index (κ2) is 22.9. The molecule has 19 rings (SSSR count). The van der Waals surface area contributed by atoms with Gasteiger partial charge in [0.2, 0.25) is 0 Å². The second-order valence-electron chi connectivity index (χ2n) is 27.1. The highest BCUT2D eigenvalue weighted by atomic mass is 15.2. The van der Waals surface area contributed by atoms with E-state index < -0.39 is 5.41 Å². The van der Waals surface area contributed by atoms with E-state index in [-0.39, 0.29) is 6.71 Å². The Hall–Kier alpha value is -11.5. The monoisotopic (exact) mass is 1230 g/mol. The lowest BCUT2D eigenvalue weighted by atomic mass is 9.33. The highest BCUT2D eigenvalue weighted by Crippen LogP contribution is 2.60. The second-order valence-corrected chi connectivity index (χ2v) is 27.1. The van der Waals surface area contributed by atoms with Crippen LogP contribution in [0.2, 0.25) is 0 Å². The van der Waals surface area contributed by atoms with Crippen molar-refractivity contribution < 1.29 is 0 Å². The molecule has 2 fully saturated rings. The summed E-state index contributed by atoms with van der Waals surface area (Å²) < 4.78 is 0. The third-order valence-electron chi connectivity index (χ3n) is 21.9. The standard InChI is InChI=1S/C92H68BN3/c1-8-25-63(26-9-1)68-45-48-83-90(60-68)96(79-57-73(66-31-14-4-15-32-66)54-74(58-79)67-33-16-5-17-34-67)89-42-24-41-88-91(89)93(83)84-61-77(47-50-87(84)95(88)78-55-71(64-27-10-2-11-28-64)53-72(56-78)65-29-12-3-13-30-65)94-85-40-23-22-39-81(85)92(75-35-18-6-19-36-75,76-37-20-7-21-38-76)82-59-70(46-49-86(82)94)80-52-62-43-44-69(80)51-62/h1-42,45-50,53-62,69,80H,43-44,51-52H2. The Labute approximate surface area is 563 Å². The maximum absolute atomic E-state index is 2.67. The molecular weight excluding hydrogens is 1160 g/mol. The molecule has 96 heavy (non-hydrogen) atoms. The van der Waals surface area contributed by atoms with Crippen molar-refractivity contribution in [3.63, 3.8) is 0 Å². The quantitative estimate of drug-likeness (QED) is 0.120. The van der Waals surface area contributed by atoms with Gasteiger partial charge in [0.1, 0.15) is 0 Å². The van der Waals surface area contributed by atoms with E-state index >= 15 is 0 Å². The maximum Gasteiger partial charge on any atom is 0.252 e. The zero-order valence-corrected chi connectivity index (χ0v) is 53.4. The number of rotatable bonds is 11. The molecule has 0 saturated heterocycles. The molecule has 2 aliphatic carbocycles. The van der Waals surface area contributed by atoms with Crippen LogP contribution in [-0.2, 0) is 5.41 Å².